The number of hydrogen-bond acceptors (Lipinski definition) is 4. The average molecular weight is 474 g/mol. The van der Waals surface area contributed by atoms with Gasteiger partial charge in [-0.05, 0) is 63.8 Å². The van der Waals surface area contributed by atoms with E-state index in [1.807, 2.05) is 31.2 Å². The lowest BCUT2D eigenvalue weighted by molar-refractivity contribution is -0.144. The zero-order chi connectivity index (χ0) is 23.6. The van der Waals surface area contributed by atoms with Crippen LogP contribution in [0, 0.1) is 12.8 Å². The number of hydrogen-bond donors (Lipinski definition) is 1. The lowest BCUT2D eigenvalue weighted by atomic mass is 9.79. The number of rotatable bonds is 7. The molecule has 0 aromatic heterocycles. The molecule has 4 nitrogen and oxygen atoms in total. The minimum atomic E-state index is -3.44. The third-order valence-electron chi connectivity index (χ3n) is 5.17. The Morgan fingerprint density at radius 1 is 1.32 bits per heavy atom. The number of allylic oxidation sites excluding steroid dienone is 3. The molecule has 0 saturated carbocycles. The topological polar surface area (TPSA) is 61.4 Å². The first-order valence-electron chi connectivity index (χ1n) is 10.2. The van der Waals surface area contributed by atoms with Gasteiger partial charge in [-0.3, -0.25) is 4.79 Å². The van der Waals surface area contributed by atoms with E-state index in [4.69, 9.17) is 16.3 Å². The van der Waals surface area contributed by atoms with Gasteiger partial charge in [-0.1, -0.05) is 41.9 Å². The molecule has 0 radical (unpaired) electrons. The van der Waals surface area contributed by atoms with Gasteiger partial charge >= 0.3 is 5.97 Å². The number of benzene rings is 1. The maximum Gasteiger partial charge on any atom is 0.307 e. The van der Waals surface area contributed by atoms with Crippen molar-refractivity contribution < 1.29 is 22.9 Å². The summed E-state index contributed by atoms with van der Waals surface area (Å²) in [5, 5.41) is -0.574. The smallest absolute Gasteiger partial charge is 0.307 e. The Morgan fingerprint density at radius 2 is 1.94 bits per heavy atom. The molecule has 1 aliphatic carbocycles. The highest BCUT2D eigenvalue weighted by molar-refractivity contribution is 7.90. The molecule has 31 heavy (non-hydrogen) atoms. The molecule has 0 fully saturated rings. The summed E-state index contributed by atoms with van der Waals surface area (Å²) >= 11 is 4.51. The number of ether oxygens (including phenoxy) is 1. The SMILES string of the molecule is CCOC(=O)CC(N[S@+]([O-])C(C)(C)C)C1C=C(c2ccccc2C)C(C)=C(Cl)C1(F)F. The standard InChI is InChI=1S/C23H30ClF2NO3S/c1-7-30-20(28)13-19(27-31(29)22(4,5)6)18-12-17(15(3)21(24)23(18,25)26)16-11-9-8-10-14(16)2/h8-12,18-19,27H,7,13H2,1-6H3/t18?,19?,31-/m1/s1. The first-order chi connectivity index (χ1) is 14.3. The van der Waals surface area contributed by atoms with E-state index in [9.17, 15) is 9.35 Å². The Morgan fingerprint density at radius 3 is 2.48 bits per heavy atom. The summed E-state index contributed by atoms with van der Waals surface area (Å²) in [4.78, 5) is 12.2. The van der Waals surface area contributed by atoms with Crippen LogP contribution in [0.1, 0.15) is 52.2 Å². The zero-order valence-corrected chi connectivity index (χ0v) is 20.3. The maximum absolute atomic E-state index is 15.4. The van der Waals surface area contributed by atoms with Crippen molar-refractivity contribution in [3.05, 3.63) is 52.1 Å². The van der Waals surface area contributed by atoms with E-state index in [1.165, 1.54) is 6.08 Å². The van der Waals surface area contributed by atoms with E-state index in [0.717, 1.165) is 11.1 Å². The lowest BCUT2D eigenvalue weighted by Crippen LogP contribution is -2.52. The van der Waals surface area contributed by atoms with Crippen LogP contribution in [0.4, 0.5) is 8.78 Å². The Labute approximate surface area is 191 Å². The maximum atomic E-state index is 15.4. The minimum Gasteiger partial charge on any atom is -0.598 e. The van der Waals surface area contributed by atoms with Gasteiger partial charge in [0.2, 0.25) is 0 Å². The average Bonchev–Trinajstić information content (AvgIpc) is 2.66. The molecule has 1 aromatic rings. The Balaban J connectivity index is 2.57. The fourth-order valence-electron chi connectivity index (χ4n) is 3.42. The highest BCUT2D eigenvalue weighted by atomic mass is 35.5. The van der Waals surface area contributed by atoms with Crippen molar-refractivity contribution in [1.82, 2.24) is 4.72 Å². The predicted octanol–water partition coefficient (Wildman–Crippen LogP) is 5.53. The van der Waals surface area contributed by atoms with Gasteiger partial charge in [0.1, 0.15) is 4.75 Å². The van der Waals surface area contributed by atoms with Crippen molar-refractivity contribution in [3.8, 4) is 0 Å². The van der Waals surface area contributed by atoms with Crippen LogP contribution in [0.3, 0.4) is 0 Å². The largest absolute Gasteiger partial charge is 0.598 e. The van der Waals surface area contributed by atoms with Crippen LogP contribution < -0.4 is 4.72 Å². The first-order valence-corrected chi connectivity index (χ1v) is 11.7. The molecular weight excluding hydrogens is 444 g/mol. The Bertz CT molecular complexity index is 880. The summed E-state index contributed by atoms with van der Waals surface area (Å²) in [5.41, 5.74) is 2.56. The zero-order valence-electron chi connectivity index (χ0n) is 18.7. The molecule has 0 amide bonds. The number of aryl methyl sites for hydroxylation is 1. The van der Waals surface area contributed by atoms with Gasteiger partial charge in [0.05, 0.1) is 30.0 Å². The van der Waals surface area contributed by atoms with Gasteiger partial charge < -0.3 is 9.29 Å². The monoisotopic (exact) mass is 473 g/mol. The second-order valence-electron chi connectivity index (χ2n) is 8.60. The van der Waals surface area contributed by atoms with Crippen LogP contribution in [0.15, 0.2) is 40.9 Å². The van der Waals surface area contributed by atoms with E-state index in [1.54, 1.807) is 34.6 Å². The van der Waals surface area contributed by atoms with E-state index in [-0.39, 0.29) is 18.6 Å². The van der Waals surface area contributed by atoms with Gasteiger partial charge in [0.25, 0.3) is 5.92 Å². The number of esters is 1. The Kier molecular flexibility index (Phi) is 8.36. The summed E-state index contributed by atoms with van der Waals surface area (Å²) in [7, 11) is 0. The molecule has 0 heterocycles. The van der Waals surface area contributed by atoms with Crippen LogP contribution in [-0.2, 0) is 20.9 Å². The van der Waals surface area contributed by atoms with E-state index in [2.05, 4.69) is 4.72 Å². The van der Waals surface area contributed by atoms with Crippen LogP contribution in [0.2, 0.25) is 0 Å². The van der Waals surface area contributed by atoms with Crippen LogP contribution in [0.25, 0.3) is 5.57 Å². The van der Waals surface area contributed by atoms with Crippen LogP contribution >= 0.6 is 11.6 Å². The van der Waals surface area contributed by atoms with Gasteiger partial charge in [-0.2, -0.15) is 8.78 Å². The van der Waals surface area contributed by atoms with Crippen LogP contribution in [0.5, 0.6) is 0 Å². The minimum absolute atomic E-state index is 0.124. The van der Waals surface area contributed by atoms with Crippen molar-refractivity contribution in [1.29, 1.82) is 0 Å². The summed E-state index contributed by atoms with van der Waals surface area (Å²) in [5.74, 6) is -5.58. The number of halogens is 3. The number of alkyl halides is 2. The summed E-state index contributed by atoms with van der Waals surface area (Å²) in [6, 6.07) is 6.29. The van der Waals surface area contributed by atoms with E-state index >= 15 is 8.78 Å². The molecule has 0 saturated heterocycles. The predicted molar refractivity (Wildman–Crippen MR) is 122 cm³/mol. The van der Waals surface area contributed by atoms with Crippen molar-refractivity contribution in [3.63, 3.8) is 0 Å². The van der Waals surface area contributed by atoms with Gasteiger partial charge in [0, 0.05) is 11.4 Å². The molecule has 3 atom stereocenters. The highest BCUT2D eigenvalue weighted by Gasteiger charge is 2.51. The van der Waals surface area contributed by atoms with Crippen molar-refractivity contribution in [2.75, 3.05) is 6.61 Å². The lowest BCUT2D eigenvalue weighted by Gasteiger charge is -2.37. The fraction of sp³-hybridized carbons (Fsp3) is 0.522. The van der Waals surface area contributed by atoms with Crippen LogP contribution in [-0.4, -0.2) is 33.8 Å². The highest BCUT2D eigenvalue weighted by Crippen LogP contribution is 2.48. The summed E-state index contributed by atoms with van der Waals surface area (Å²) < 4.78 is 50.6. The molecule has 2 unspecified atom stereocenters. The van der Waals surface area contributed by atoms with Crippen molar-refractivity contribution >= 4 is 34.5 Å². The second kappa shape index (κ2) is 10.0. The normalized spacial score (nSPS) is 20.8. The number of carbonyl (C=O) groups is 1. The molecule has 172 valence electrons. The fourth-order valence-corrected chi connectivity index (χ4v) is 4.50. The molecule has 2 rings (SSSR count). The van der Waals surface area contributed by atoms with Gasteiger partial charge in [-0.25, -0.2) is 0 Å². The first kappa shape index (κ1) is 25.8. The van der Waals surface area contributed by atoms with Crippen molar-refractivity contribution in [2.45, 2.75) is 64.7 Å². The molecule has 0 bridgehead atoms. The molecule has 0 spiro atoms. The van der Waals surface area contributed by atoms with Crippen molar-refractivity contribution in [2.24, 2.45) is 5.92 Å². The quantitative estimate of drug-likeness (QED) is 0.417. The number of carbonyl (C=O) groups excluding carboxylic acids is 1. The molecule has 8 heteroatoms. The second-order valence-corrected chi connectivity index (χ2v) is 11.0. The Hall–Kier alpha value is -1.41. The molecule has 1 aliphatic rings. The third kappa shape index (κ3) is 5.89. The van der Waals surface area contributed by atoms with Gasteiger partial charge in [-0.15, -0.1) is 4.72 Å². The summed E-state index contributed by atoms with van der Waals surface area (Å²) in [6.07, 6.45) is 1.08. The van der Waals surface area contributed by atoms with E-state index in [0.29, 0.717) is 5.57 Å². The van der Waals surface area contributed by atoms with E-state index < -0.39 is 45.0 Å². The molecule has 1 aromatic carbocycles. The molecule has 1 N–H and O–H groups in total. The summed E-state index contributed by atoms with van der Waals surface area (Å²) in [6.45, 7) is 10.4. The third-order valence-corrected chi connectivity index (χ3v) is 7.33. The van der Waals surface area contributed by atoms with Gasteiger partial charge in [0.15, 0.2) is 0 Å². The molecule has 0 aliphatic heterocycles. The molecular formula is C23H30ClF2NO3S. The number of nitrogens with one attached hydrogen (secondary N) is 1.